The molecule has 2 rings (SSSR count). The maximum absolute atomic E-state index is 12.3. The first-order chi connectivity index (χ1) is 10.0. The van der Waals surface area contributed by atoms with Crippen LogP contribution in [0.2, 0.25) is 0 Å². The van der Waals surface area contributed by atoms with Gasteiger partial charge in [-0.3, -0.25) is 9.59 Å². The molecule has 0 aromatic carbocycles. The van der Waals surface area contributed by atoms with E-state index < -0.39 is 5.97 Å². The number of aliphatic carboxylic acids is 1. The molecular formula is C16H28N2O3. The predicted molar refractivity (Wildman–Crippen MR) is 80.7 cm³/mol. The van der Waals surface area contributed by atoms with Crippen LogP contribution in [-0.4, -0.2) is 29.6 Å². The second-order valence-electron chi connectivity index (χ2n) is 6.90. The maximum atomic E-state index is 12.3. The number of hydrogen-bond donors (Lipinski definition) is 3. The quantitative estimate of drug-likeness (QED) is 0.724. The van der Waals surface area contributed by atoms with Gasteiger partial charge >= 0.3 is 5.97 Å². The third kappa shape index (κ3) is 4.43. The average molecular weight is 296 g/mol. The standard InChI is InChI=1S/C16H28N2O3/c17-11-16(8-2-1-3-9-16)10-14(19)18-13-6-4-12(5-7-13)15(20)21/h12-13H,1-11,17H2,(H,18,19)(H,20,21). The van der Waals surface area contributed by atoms with Gasteiger partial charge in [0, 0.05) is 12.5 Å². The van der Waals surface area contributed by atoms with Gasteiger partial charge in [0.25, 0.3) is 0 Å². The zero-order valence-corrected chi connectivity index (χ0v) is 12.8. The van der Waals surface area contributed by atoms with Crippen molar-refractivity contribution in [2.75, 3.05) is 6.54 Å². The summed E-state index contributed by atoms with van der Waals surface area (Å²) in [5.74, 6) is -0.836. The van der Waals surface area contributed by atoms with Crippen LogP contribution >= 0.6 is 0 Å². The van der Waals surface area contributed by atoms with Crippen LogP contribution in [0.3, 0.4) is 0 Å². The Kier molecular flexibility index (Phi) is 5.62. The smallest absolute Gasteiger partial charge is 0.306 e. The summed E-state index contributed by atoms with van der Waals surface area (Å²) in [6, 6.07) is 0.145. The van der Waals surface area contributed by atoms with E-state index in [9.17, 15) is 9.59 Å². The topological polar surface area (TPSA) is 92.4 Å². The Hall–Kier alpha value is -1.10. The summed E-state index contributed by atoms with van der Waals surface area (Å²) >= 11 is 0. The van der Waals surface area contributed by atoms with Crippen molar-refractivity contribution in [3.8, 4) is 0 Å². The lowest BCUT2D eigenvalue weighted by atomic mass is 9.71. The van der Waals surface area contributed by atoms with Crippen molar-refractivity contribution in [2.45, 2.75) is 70.3 Å². The highest BCUT2D eigenvalue weighted by atomic mass is 16.4. The molecule has 0 spiro atoms. The highest BCUT2D eigenvalue weighted by Gasteiger charge is 2.34. The highest BCUT2D eigenvalue weighted by molar-refractivity contribution is 5.77. The number of amides is 1. The molecule has 0 saturated heterocycles. The summed E-state index contributed by atoms with van der Waals surface area (Å²) in [5, 5.41) is 12.1. The minimum Gasteiger partial charge on any atom is -0.481 e. The van der Waals surface area contributed by atoms with E-state index in [-0.39, 0.29) is 23.3 Å². The number of hydrogen-bond acceptors (Lipinski definition) is 3. The van der Waals surface area contributed by atoms with E-state index >= 15 is 0 Å². The van der Waals surface area contributed by atoms with Gasteiger partial charge in [-0.05, 0) is 50.5 Å². The molecule has 120 valence electrons. The van der Waals surface area contributed by atoms with Crippen LogP contribution in [0.25, 0.3) is 0 Å². The second-order valence-corrected chi connectivity index (χ2v) is 6.90. The first-order valence-corrected chi connectivity index (χ1v) is 8.27. The van der Waals surface area contributed by atoms with Crippen LogP contribution < -0.4 is 11.1 Å². The molecule has 2 aliphatic rings. The molecule has 0 unspecified atom stereocenters. The molecule has 2 saturated carbocycles. The molecule has 5 nitrogen and oxygen atoms in total. The molecule has 0 aromatic heterocycles. The normalized spacial score (nSPS) is 28.8. The molecule has 1 amide bonds. The number of carboxylic acid groups (broad SMARTS) is 1. The number of nitrogens with two attached hydrogens (primary N) is 1. The van der Waals surface area contributed by atoms with Gasteiger partial charge in [-0.1, -0.05) is 19.3 Å². The molecule has 0 atom stereocenters. The van der Waals surface area contributed by atoms with Crippen LogP contribution in [-0.2, 0) is 9.59 Å². The fraction of sp³-hybridized carbons (Fsp3) is 0.875. The van der Waals surface area contributed by atoms with E-state index in [0.717, 1.165) is 25.7 Å². The number of carbonyl (C=O) groups excluding carboxylic acids is 1. The van der Waals surface area contributed by atoms with E-state index in [1.807, 2.05) is 0 Å². The third-order valence-electron chi connectivity index (χ3n) is 5.32. The molecule has 0 bridgehead atoms. The van der Waals surface area contributed by atoms with Gasteiger partial charge in [0.05, 0.1) is 5.92 Å². The fourth-order valence-corrected chi connectivity index (χ4v) is 3.86. The van der Waals surface area contributed by atoms with Gasteiger partial charge < -0.3 is 16.2 Å². The van der Waals surface area contributed by atoms with Crippen LogP contribution in [0.4, 0.5) is 0 Å². The number of rotatable bonds is 5. The van der Waals surface area contributed by atoms with Crippen LogP contribution in [0.1, 0.15) is 64.2 Å². The molecule has 0 aliphatic heterocycles. The van der Waals surface area contributed by atoms with Gasteiger partial charge in [-0.25, -0.2) is 0 Å². The van der Waals surface area contributed by atoms with Gasteiger partial charge in [0.15, 0.2) is 0 Å². The average Bonchev–Trinajstić information content (AvgIpc) is 2.48. The van der Waals surface area contributed by atoms with Crippen molar-refractivity contribution in [3.05, 3.63) is 0 Å². The Morgan fingerprint density at radius 1 is 1.10 bits per heavy atom. The Morgan fingerprint density at radius 3 is 2.24 bits per heavy atom. The largest absolute Gasteiger partial charge is 0.481 e. The minimum atomic E-state index is -0.705. The summed E-state index contributed by atoms with van der Waals surface area (Å²) in [4.78, 5) is 23.2. The molecular weight excluding hydrogens is 268 g/mol. The van der Waals surface area contributed by atoms with Crippen molar-refractivity contribution in [3.63, 3.8) is 0 Å². The summed E-state index contributed by atoms with van der Waals surface area (Å²) in [5.41, 5.74) is 5.93. The lowest BCUT2D eigenvalue weighted by Crippen LogP contribution is -2.43. The highest BCUT2D eigenvalue weighted by Crippen LogP contribution is 2.38. The fourth-order valence-electron chi connectivity index (χ4n) is 3.86. The van der Waals surface area contributed by atoms with Crippen LogP contribution in [0, 0.1) is 11.3 Å². The Labute approximate surface area is 126 Å². The predicted octanol–water partition coefficient (Wildman–Crippen LogP) is 2.05. The molecule has 0 aromatic rings. The summed E-state index contributed by atoms with van der Waals surface area (Å²) in [6.07, 6.45) is 9.14. The van der Waals surface area contributed by atoms with Gasteiger partial charge in [0.2, 0.25) is 5.91 Å². The maximum Gasteiger partial charge on any atom is 0.306 e. The Bertz CT molecular complexity index is 370. The van der Waals surface area contributed by atoms with E-state index in [1.54, 1.807) is 0 Å². The van der Waals surface area contributed by atoms with E-state index in [2.05, 4.69) is 5.32 Å². The van der Waals surface area contributed by atoms with Crippen LogP contribution in [0.15, 0.2) is 0 Å². The summed E-state index contributed by atoms with van der Waals surface area (Å²) in [6.45, 7) is 0.589. The Morgan fingerprint density at radius 2 is 1.71 bits per heavy atom. The van der Waals surface area contributed by atoms with E-state index in [4.69, 9.17) is 10.8 Å². The van der Waals surface area contributed by atoms with Gasteiger partial charge in [-0.2, -0.15) is 0 Å². The lowest BCUT2D eigenvalue weighted by molar-refractivity contribution is -0.142. The molecule has 4 N–H and O–H groups in total. The van der Waals surface area contributed by atoms with Crippen molar-refractivity contribution in [1.82, 2.24) is 5.32 Å². The Balaban J connectivity index is 1.78. The molecule has 2 fully saturated rings. The molecule has 5 heteroatoms. The van der Waals surface area contributed by atoms with Crippen molar-refractivity contribution in [1.29, 1.82) is 0 Å². The molecule has 21 heavy (non-hydrogen) atoms. The number of nitrogens with one attached hydrogen (secondary N) is 1. The first kappa shape index (κ1) is 16.3. The number of carbonyl (C=O) groups is 2. The zero-order valence-electron chi connectivity index (χ0n) is 12.8. The van der Waals surface area contributed by atoms with E-state index in [1.165, 1.54) is 19.3 Å². The SMILES string of the molecule is NCC1(CC(=O)NC2CCC(C(=O)O)CC2)CCCCC1. The zero-order chi connectivity index (χ0) is 15.3. The molecule has 0 radical (unpaired) electrons. The summed E-state index contributed by atoms with van der Waals surface area (Å²) in [7, 11) is 0. The van der Waals surface area contributed by atoms with Crippen molar-refractivity contribution < 1.29 is 14.7 Å². The lowest BCUT2D eigenvalue weighted by Gasteiger charge is -2.36. The third-order valence-corrected chi connectivity index (χ3v) is 5.32. The van der Waals surface area contributed by atoms with E-state index in [0.29, 0.717) is 25.8 Å². The first-order valence-electron chi connectivity index (χ1n) is 8.27. The van der Waals surface area contributed by atoms with Crippen molar-refractivity contribution in [2.24, 2.45) is 17.1 Å². The number of carboxylic acids is 1. The van der Waals surface area contributed by atoms with Gasteiger partial charge in [0.1, 0.15) is 0 Å². The molecule has 2 aliphatic carbocycles. The monoisotopic (exact) mass is 296 g/mol. The van der Waals surface area contributed by atoms with Gasteiger partial charge in [-0.15, -0.1) is 0 Å². The minimum absolute atomic E-state index is 0.000595. The second kappa shape index (κ2) is 7.25. The molecule has 0 heterocycles. The van der Waals surface area contributed by atoms with Crippen molar-refractivity contribution >= 4 is 11.9 Å². The summed E-state index contributed by atoms with van der Waals surface area (Å²) < 4.78 is 0. The van der Waals surface area contributed by atoms with Crippen LogP contribution in [0.5, 0.6) is 0 Å².